The minimum atomic E-state index is -1.08. The fraction of sp³-hybridized carbons (Fsp3) is 0.312. The topological polar surface area (TPSA) is 145 Å². The number of nitrogen functional groups attached to an aromatic ring is 1. The maximum Gasteiger partial charge on any atom is 0.225 e. The van der Waals surface area contributed by atoms with E-state index in [2.05, 4.69) is 20.0 Å². The number of aromatic nitrogens is 6. The van der Waals surface area contributed by atoms with Gasteiger partial charge in [0, 0.05) is 45.0 Å². The van der Waals surface area contributed by atoms with Crippen LogP contribution in [-0.4, -0.2) is 92.1 Å². The van der Waals surface area contributed by atoms with E-state index in [9.17, 15) is 9.50 Å². The number of aliphatic hydroxyl groups is 1. The summed E-state index contributed by atoms with van der Waals surface area (Å²) in [5.74, 6) is 0.755. The van der Waals surface area contributed by atoms with Gasteiger partial charge in [-0.1, -0.05) is 30.3 Å². The number of hydrogen-bond acceptors (Lipinski definition) is 11. The van der Waals surface area contributed by atoms with Crippen molar-refractivity contribution in [3.63, 3.8) is 0 Å². The number of nitrogens with zero attached hydrogens (tertiary/aromatic N) is 8. The summed E-state index contributed by atoms with van der Waals surface area (Å²) in [5, 5.41) is 22.1. The number of piperazine rings is 1. The average molecular weight is 628 g/mol. The Morgan fingerprint density at radius 1 is 1.02 bits per heavy atom. The third kappa shape index (κ3) is 5.09. The Balaban J connectivity index is 1.19. The van der Waals surface area contributed by atoms with Crippen molar-refractivity contribution in [2.75, 3.05) is 57.1 Å². The van der Waals surface area contributed by atoms with Crippen LogP contribution < -0.4 is 15.4 Å². The monoisotopic (exact) mass is 627 g/mol. The smallest absolute Gasteiger partial charge is 0.225 e. The predicted molar refractivity (Wildman–Crippen MR) is 169 cm³/mol. The number of hydrogen-bond donors (Lipinski definition) is 2. The van der Waals surface area contributed by atoms with Gasteiger partial charge in [-0.3, -0.25) is 4.90 Å². The van der Waals surface area contributed by atoms with Crippen LogP contribution in [0.15, 0.2) is 77.5 Å². The molecule has 1 fully saturated rings. The Labute approximate surface area is 263 Å². The molecule has 238 valence electrons. The zero-order valence-electron chi connectivity index (χ0n) is 25.5. The van der Waals surface area contributed by atoms with E-state index >= 15 is 0 Å². The Hall–Kier alpha value is -5.05. The van der Waals surface area contributed by atoms with Crippen LogP contribution in [0.1, 0.15) is 12.5 Å². The lowest BCUT2D eigenvalue weighted by Crippen LogP contribution is -2.59. The van der Waals surface area contributed by atoms with E-state index in [1.54, 1.807) is 42.5 Å². The molecule has 46 heavy (non-hydrogen) atoms. The Kier molecular flexibility index (Phi) is 7.76. The summed E-state index contributed by atoms with van der Waals surface area (Å²) in [6.07, 6.45) is 2.21. The molecule has 1 saturated heterocycles. The SMILES string of the molecule is COCCOc1ccc(N2CCN(C(O)C(C)(c3ccccc3)n3ncc4c3nc(N)n3nc(-c5ccco5)nc43)CC2)cc1F. The zero-order chi connectivity index (χ0) is 31.8. The van der Waals surface area contributed by atoms with Crippen molar-refractivity contribution >= 4 is 28.3 Å². The summed E-state index contributed by atoms with van der Waals surface area (Å²) in [4.78, 5) is 13.5. The van der Waals surface area contributed by atoms with Crippen LogP contribution in [0.25, 0.3) is 28.3 Å². The minimum absolute atomic E-state index is 0.121. The minimum Gasteiger partial charge on any atom is -0.488 e. The molecule has 0 bridgehead atoms. The first-order valence-electron chi connectivity index (χ1n) is 15.0. The van der Waals surface area contributed by atoms with E-state index in [0.29, 0.717) is 61.1 Å². The Bertz CT molecular complexity index is 1960. The molecule has 3 N–H and O–H groups in total. The molecule has 0 aliphatic carbocycles. The van der Waals surface area contributed by atoms with Gasteiger partial charge in [0.25, 0.3) is 0 Å². The molecule has 2 aromatic carbocycles. The maximum atomic E-state index is 14.8. The summed E-state index contributed by atoms with van der Waals surface area (Å²) in [6, 6.07) is 18.2. The molecular formula is C32H34FN9O4. The fourth-order valence-corrected chi connectivity index (χ4v) is 6.03. The van der Waals surface area contributed by atoms with Crippen molar-refractivity contribution in [3.05, 3.63) is 84.5 Å². The van der Waals surface area contributed by atoms with Crippen LogP contribution in [0.5, 0.6) is 5.75 Å². The zero-order valence-corrected chi connectivity index (χ0v) is 25.5. The highest BCUT2D eigenvalue weighted by Crippen LogP contribution is 2.36. The maximum absolute atomic E-state index is 14.8. The van der Waals surface area contributed by atoms with E-state index < -0.39 is 17.6 Å². The van der Waals surface area contributed by atoms with Gasteiger partial charge < -0.3 is 29.6 Å². The van der Waals surface area contributed by atoms with Crippen LogP contribution in [0, 0.1) is 5.82 Å². The van der Waals surface area contributed by atoms with Gasteiger partial charge in [-0.15, -0.1) is 5.10 Å². The van der Waals surface area contributed by atoms with E-state index in [1.165, 1.54) is 10.6 Å². The quantitative estimate of drug-likeness (QED) is 0.216. The molecule has 6 aromatic rings. The molecule has 0 radical (unpaired) electrons. The third-order valence-corrected chi connectivity index (χ3v) is 8.56. The van der Waals surface area contributed by atoms with Crippen molar-refractivity contribution in [1.29, 1.82) is 0 Å². The number of fused-ring (bicyclic) bond motifs is 3. The van der Waals surface area contributed by atoms with Crippen LogP contribution in [0.2, 0.25) is 0 Å². The normalized spacial score (nSPS) is 16.2. The molecular weight excluding hydrogens is 593 g/mol. The second-order valence-corrected chi connectivity index (χ2v) is 11.3. The van der Waals surface area contributed by atoms with Gasteiger partial charge in [0.2, 0.25) is 11.8 Å². The molecule has 1 aliphatic heterocycles. The molecule has 13 nitrogen and oxygen atoms in total. The van der Waals surface area contributed by atoms with Gasteiger partial charge in [-0.05, 0) is 36.8 Å². The number of halogens is 1. The van der Waals surface area contributed by atoms with Crippen molar-refractivity contribution in [3.8, 4) is 17.3 Å². The van der Waals surface area contributed by atoms with E-state index in [-0.39, 0.29) is 18.3 Å². The van der Waals surface area contributed by atoms with Crippen LogP contribution >= 0.6 is 0 Å². The summed E-state index contributed by atoms with van der Waals surface area (Å²) in [7, 11) is 1.57. The lowest BCUT2D eigenvalue weighted by molar-refractivity contribution is -0.0669. The predicted octanol–water partition coefficient (Wildman–Crippen LogP) is 3.38. The highest BCUT2D eigenvalue weighted by atomic mass is 19.1. The molecule has 0 saturated carbocycles. The second kappa shape index (κ2) is 12.0. The van der Waals surface area contributed by atoms with Gasteiger partial charge in [0.05, 0.1) is 24.5 Å². The number of benzene rings is 2. The number of aliphatic hydroxyl groups excluding tert-OH is 1. The Morgan fingerprint density at radius 3 is 2.54 bits per heavy atom. The highest BCUT2D eigenvalue weighted by molar-refractivity contribution is 5.90. The fourth-order valence-electron chi connectivity index (χ4n) is 6.03. The first-order chi connectivity index (χ1) is 22.4. The van der Waals surface area contributed by atoms with Gasteiger partial charge in [0.15, 0.2) is 28.6 Å². The molecule has 0 amide bonds. The first kappa shape index (κ1) is 29.6. The van der Waals surface area contributed by atoms with Crippen molar-refractivity contribution in [2.24, 2.45) is 0 Å². The van der Waals surface area contributed by atoms with Crippen LogP contribution in [0.3, 0.4) is 0 Å². The molecule has 0 spiro atoms. The third-order valence-electron chi connectivity index (χ3n) is 8.56. The number of anilines is 2. The summed E-state index contributed by atoms with van der Waals surface area (Å²) in [6.45, 7) is 4.78. The largest absolute Gasteiger partial charge is 0.488 e. The Morgan fingerprint density at radius 2 is 1.83 bits per heavy atom. The van der Waals surface area contributed by atoms with Gasteiger partial charge in [-0.2, -0.15) is 14.6 Å². The second-order valence-electron chi connectivity index (χ2n) is 11.3. The van der Waals surface area contributed by atoms with Crippen molar-refractivity contribution in [2.45, 2.75) is 18.7 Å². The molecule has 1 aliphatic rings. The number of methoxy groups -OCH3 is 1. The summed E-state index contributed by atoms with van der Waals surface area (Å²) >= 11 is 0. The van der Waals surface area contributed by atoms with E-state index in [0.717, 1.165) is 11.3 Å². The van der Waals surface area contributed by atoms with Crippen molar-refractivity contribution < 1.29 is 23.4 Å². The number of nitrogens with two attached hydrogens (primary N) is 1. The molecule has 2 atom stereocenters. The van der Waals surface area contributed by atoms with Crippen LogP contribution in [0.4, 0.5) is 16.0 Å². The lowest BCUT2D eigenvalue weighted by atomic mass is 9.89. The number of ether oxygens (including phenoxy) is 2. The van der Waals surface area contributed by atoms with E-state index in [4.69, 9.17) is 24.7 Å². The van der Waals surface area contributed by atoms with Gasteiger partial charge >= 0.3 is 0 Å². The molecule has 14 heteroatoms. The number of furan rings is 1. The molecule has 2 unspecified atom stereocenters. The standard InChI is InChI=1S/C32H34FN9O4/c1-32(21-7-4-3-5-8-21,30(43)40-14-12-39(13-15-40)22-10-11-25(24(33)19-22)46-18-17-44-2)42-29-23(20-35-42)28-36-27(26-9-6-16-45-26)38-41(28)31(34)37-29/h3-11,16,19-20,30,43H,12-15,17-18H2,1-2H3,(H2,34,37). The van der Waals surface area contributed by atoms with Gasteiger partial charge in [-0.25, -0.2) is 14.1 Å². The first-order valence-corrected chi connectivity index (χ1v) is 15.0. The summed E-state index contributed by atoms with van der Waals surface area (Å²) in [5.41, 5.74) is 7.83. The molecule has 5 heterocycles. The average Bonchev–Trinajstić information content (AvgIpc) is 3.86. The van der Waals surface area contributed by atoms with Gasteiger partial charge in [0.1, 0.15) is 18.4 Å². The van der Waals surface area contributed by atoms with Crippen molar-refractivity contribution in [1.82, 2.24) is 34.3 Å². The highest BCUT2D eigenvalue weighted by Gasteiger charge is 2.43. The van der Waals surface area contributed by atoms with Crippen LogP contribution in [-0.2, 0) is 10.3 Å². The van der Waals surface area contributed by atoms with E-state index in [1.807, 2.05) is 48.2 Å². The summed E-state index contributed by atoms with van der Waals surface area (Å²) < 4.78 is 33.9. The number of rotatable bonds is 10. The molecule has 7 rings (SSSR count). The molecule has 4 aromatic heterocycles. The lowest BCUT2D eigenvalue weighted by Gasteiger charge is -2.45.